The first kappa shape index (κ1) is 22.0. The zero-order valence-electron chi connectivity index (χ0n) is 15.8. The largest absolute Gasteiger partial charge is 0.573 e. The van der Waals surface area contributed by atoms with Gasteiger partial charge in [0, 0.05) is 40.2 Å². The van der Waals surface area contributed by atoms with Crippen molar-refractivity contribution in [3.63, 3.8) is 0 Å². The van der Waals surface area contributed by atoms with E-state index < -0.39 is 23.9 Å². The van der Waals surface area contributed by atoms with Gasteiger partial charge in [0.2, 0.25) is 5.78 Å². The van der Waals surface area contributed by atoms with E-state index in [2.05, 4.69) is 15.0 Å². The number of hydrogen-bond donors (Lipinski definition) is 2. The SMILES string of the molecule is NC(C(=O)C(Nc1cccc(OC(F)(F)F)c1)c1cccs1)=C(C=O)c1cccnc1. The van der Waals surface area contributed by atoms with Crippen LogP contribution in [0.5, 0.6) is 5.75 Å². The van der Waals surface area contributed by atoms with Gasteiger partial charge in [-0.05, 0) is 29.6 Å². The molecular weight excluding hydrogens is 431 g/mol. The Hall–Kier alpha value is -3.66. The third-order valence-corrected chi connectivity index (χ3v) is 5.05. The molecule has 0 fully saturated rings. The number of benzene rings is 1. The topological polar surface area (TPSA) is 94.3 Å². The van der Waals surface area contributed by atoms with Crippen LogP contribution in [0.4, 0.5) is 18.9 Å². The van der Waals surface area contributed by atoms with Crippen molar-refractivity contribution in [2.75, 3.05) is 5.32 Å². The van der Waals surface area contributed by atoms with E-state index in [9.17, 15) is 22.8 Å². The summed E-state index contributed by atoms with van der Waals surface area (Å²) < 4.78 is 41.5. The second-order valence-corrected chi connectivity index (χ2v) is 7.20. The van der Waals surface area contributed by atoms with Crippen molar-refractivity contribution in [2.24, 2.45) is 5.73 Å². The molecule has 0 aliphatic rings. The van der Waals surface area contributed by atoms with E-state index in [1.807, 2.05) is 0 Å². The number of aromatic nitrogens is 1. The number of nitrogens with two attached hydrogens (primary N) is 1. The number of ether oxygens (including phenoxy) is 1. The fourth-order valence-corrected chi connectivity index (χ4v) is 3.54. The lowest BCUT2D eigenvalue weighted by molar-refractivity contribution is -0.274. The smallest absolute Gasteiger partial charge is 0.406 e. The number of pyridine rings is 1. The molecule has 2 heterocycles. The molecule has 0 radical (unpaired) electrons. The van der Waals surface area contributed by atoms with Gasteiger partial charge in [0.25, 0.3) is 0 Å². The number of allylic oxidation sites excluding steroid dienone is 1. The lowest BCUT2D eigenvalue weighted by Gasteiger charge is -2.19. The van der Waals surface area contributed by atoms with Gasteiger partial charge in [-0.2, -0.15) is 0 Å². The number of aldehydes is 1. The van der Waals surface area contributed by atoms with E-state index in [-0.39, 0.29) is 17.0 Å². The first-order valence-corrected chi connectivity index (χ1v) is 9.72. The standard InChI is InChI=1S/C21H16F3N3O3S/c22-21(23,24)30-15-6-1-5-14(10-15)27-19(17-7-3-9-31-17)20(29)18(25)16(12-28)13-4-2-8-26-11-13/h1-12,19,27H,25H2. The lowest BCUT2D eigenvalue weighted by Crippen LogP contribution is -2.26. The number of ketones is 1. The first-order valence-electron chi connectivity index (χ1n) is 8.84. The number of hydrogen-bond acceptors (Lipinski definition) is 7. The van der Waals surface area contributed by atoms with Gasteiger partial charge in [0.1, 0.15) is 11.8 Å². The molecule has 3 N–H and O–H groups in total. The molecule has 0 saturated heterocycles. The molecule has 2 aromatic heterocycles. The molecule has 160 valence electrons. The average Bonchev–Trinajstić information content (AvgIpc) is 3.26. The number of anilines is 1. The highest BCUT2D eigenvalue weighted by molar-refractivity contribution is 7.10. The number of alkyl halides is 3. The van der Waals surface area contributed by atoms with Crippen LogP contribution in [0, 0.1) is 0 Å². The van der Waals surface area contributed by atoms with Crippen molar-refractivity contribution >= 4 is 34.7 Å². The monoisotopic (exact) mass is 447 g/mol. The molecular formula is C21H16F3N3O3S. The molecule has 3 rings (SSSR count). The lowest BCUT2D eigenvalue weighted by atomic mass is 10.00. The molecule has 0 bridgehead atoms. The van der Waals surface area contributed by atoms with Crippen molar-refractivity contribution in [1.82, 2.24) is 4.98 Å². The van der Waals surface area contributed by atoms with Crippen LogP contribution in [0.25, 0.3) is 5.57 Å². The van der Waals surface area contributed by atoms with Gasteiger partial charge in [-0.25, -0.2) is 0 Å². The van der Waals surface area contributed by atoms with Crippen LogP contribution >= 0.6 is 11.3 Å². The van der Waals surface area contributed by atoms with Gasteiger partial charge >= 0.3 is 6.36 Å². The highest BCUT2D eigenvalue weighted by atomic mass is 32.1. The summed E-state index contributed by atoms with van der Waals surface area (Å²) in [5.74, 6) is -1.06. The van der Waals surface area contributed by atoms with Crippen molar-refractivity contribution in [3.8, 4) is 5.75 Å². The Morgan fingerprint density at radius 1 is 1.19 bits per heavy atom. The number of halogens is 3. The van der Waals surface area contributed by atoms with E-state index in [0.717, 1.165) is 12.1 Å². The number of carbonyl (C=O) groups excluding carboxylic acids is 2. The predicted octanol–water partition coefficient (Wildman–Crippen LogP) is 4.33. The molecule has 3 aromatic rings. The summed E-state index contributed by atoms with van der Waals surface area (Å²) in [6.07, 6.45) is -1.48. The minimum Gasteiger partial charge on any atom is -0.406 e. The number of carbonyl (C=O) groups is 2. The molecule has 10 heteroatoms. The Labute approximate surface area is 179 Å². The molecule has 6 nitrogen and oxygen atoms in total. The summed E-state index contributed by atoms with van der Waals surface area (Å²) in [5, 5.41) is 4.62. The molecule has 0 aliphatic heterocycles. The fraction of sp³-hybridized carbons (Fsp3) is 0.0952. The maximum atomic E-state index is 13.2. The summed E-state index contributed by atoms with van der Waals surface area (Å²) in [4.78, 5) is 29.3. The fourth-order valence-electron chi connectivity index (χ4n) is 2.77. The minimum atomic E-state index is -4.85. The molecule has 0 spiro atoms. The van der Waals surface area contributed by atoms with Crippen molar-refractivity contribution in [3.05, 3.63) is 82.4 Å². The Kier molecular flexibility index (Phi) is 6.71. The van der Waals surface area contributed by atoms with Gasteiger partial charge in [-0.1, -0.05) is 18.2 Å². The number of nitrogens with zero attached hydrogens (tertiary/aromatic N) is 1. The van der Waals surface area contributed by atoms with Gasteiger partial charge in [0.05, 0.1) is 5.70 Å². The van der Waals surface area contributed by atoms with Gasteiger partial charge in [-0.15, -0.1) is 24.5 Å². The molecule has 1 unspecified atom stereocenters. The van der Waals surface area contributed by atoms with Crippen molar-refractivity contribution < 1.29 is 27.5 Å². The molecule has 1 aromatic carbocycles. The third kappa shape index (κ3) is 5.70. The van der Waals surface area contributed by atoms with E-state index in [4.69, 9.17) is 5.73 Å². The average molecular weight is 447 g/mol. The van der Waals surface area contributed by atoms with Gasteiger partial charge in [0.15, 0.2) is 6.29 Å². The summed E-state index contributed by atoms with van der Waals surface area (Å²) in [7, 11) is 0. The zero-order chi connectivity index (χ0) is 22.4. The maximum Gasteiger partial charge on any atom is 0.573 e. The predicted molar refractivity (Wildman–Crippen MR) is 110 cm³/mol. The maximum absolute atomic E-state index is 13.2. The second-order valence-electron chi connectivity index (χ2n) is 6.22. The van der Waals surface area contributed by atoms with Crippen LogP contribution in [0.2, 0.25) is 0 Å². The van der Waals surface area contributed by atoms with Crippen LogP contribution in [0.1, 0.15) is 16.5 Å². The Bertz CT molecular complexity index is 1080. The number of thiophene rings is 1. The van der Waals surface area contributed by atoms with E-state index in [0.29, 0.717) is 16.7 Å². The summed E-state index contributed by atoms with van der Waals surface area (Å²) in [6.45, 7) is 0. The molecule has 0 aliphatic carbocycles. The van der Waals surface area contributed by atoms with Crippen LogP contribution < -0.4 is 15.8 Å². The van der Waals surface area contributed by atoms with Crippen LogP contribution in [0.3, 0.4) is 0 Å². The van der Waals surface area contributed by atoms with E-state index in [1.165, 1.54) is 35.9 Å². The van der Waals surface area contributed by atoms with Crippen molar-refractivity contribution in [1.29, 1.82) is 0 Å². The normalized spacial score (nSPS) is 13.1. The van der Waals surface area contributed by atoms with Crippen molar-refractivity contribution in [2.45, 2.75) is 12.4 Å². The molecule has 0 amide bonds. The van der Waals surface area contributed by atoms with Crippen LogP contribution in [-0.4, -0.2) is 23.4 Å². The third-order valence-electron chi connectivity index (χ3n) is 4.11. The minimum absolute atomic E-state index is 0.0318. The summed E-state index contributed by atoms with van der Waals surface area (Å²) in [5.41, 5.74) is 6.29. The Balaban J connectivity index is 1.96. The highest BCUT2D eigenvalue weighted by Crippen LogP contribution is 2.30. The van der Waals surface area contributed by atoms with E-state index >= 15 is 0 Å². The number of Topliss-reactive ketones (excluding diaryl/α,β-unsaturated/α-hetero) is 1. The Morgan fingerprint density at radius 3 is 2.61 bits per heavy atom. The Morgan fingerprint density at radius 2 is 2.00 bits per heavy atom. The molecule has 31 heavy (non-hydrogen) atoms. The number of nitrogens with one attached hydrogen (secondary N) is 1. The second kappa shape index (κ2) is 9.43. The highest BCUT2D eigenvalue weighted by Gasteiger charge is 2.31. The number of rotatable bonds is 8. The summed E-state index contributed by atoms with van der Waals surface area (Å²) >= 11 is 1.25. The van der Waals surface area contributed by atoms with Gasteiger partial charge in [-0.3, -0.25) is 14.6 Å². The first-order chi connectivity index (χ1) is 14.8. The zero-order valence-corrected chi connectivity index (χ0v) is 16.6. The van der Waals surface area contributed by atoms with Crippen LogP contribution in [0.15, 0.2) is 72.0 Å². The molecule has 0 saturated carbocycles. The van der Waals surface area contributed by atoms with Gasteiger partial charge < -0.3 is 15.8 Å². The molecule has 1 atom stereocenters. The van der Waals surface area contributed by atoms with Crippen LogP contribution in [-0.2, 0) is 9.59 Å². The quantitative estimate of drug-likeness (QED) is 0.394. The van der Waals surface area contributed by atoms with E-state index in [1.54, 1.807) is 29.6 Å². The summed E-state index contributed by atoms with van der Waals surface area (Å²) in [6, 6.07) is 10.6.